The summed E-state index contributed by atoms with van der Waals surface area (Å²) in [5.74, 6) is -2.01. The lowest BCUT2D eigenvalue weighted by Gasteiger charge is -2.14. The number of hydrogen-bond acceptors (Lipinski definition) is 6. The number of alkyl halides is 6. The number of benzene rings is 1. The van der Waals surface area contributed by atoms with E-state index in [2.05, 4.69) is 5.32 Å². The van der Waals surface area contributed by atoms with Gasteiger partial charge < -0.3 is 10.4 Å². The Kier molecular flexibility index (Phi) is 9.26. The molecule has 2 aromatic rings. The molecule has 1 aliphatic rings. The van der Waals surface area contributed by atoms with Gasteiger partial charge in [-0.25, -0.2) is 0 Å². The van der Waals surface area contributed by atoms with E-state index in [0.29, 0.717) is 29.9 Å². The summed E-state index contributed by atoms with van der Waals surface area (Å²) in [6.07, 6.45) is -7.60. The summed E-state index contributed by atoms with van der Waals surface area (Å²) in [4.78, 5) is 36.8. The molecular weight excluding hydrogens is 578 g/mol. The lowest BCUT2D eigenvalue weighted by molar-refractivity contribution is -0.143. The smallest absolute Gasteiger partial charge is 0.416 e. The second kappa shape index (κ2) is 11.9. The van der Waals surface area contributed by atoms with Gasteiger partial charge in [0, 0.05) is 17.8 Å². The zero-order valence-electron chi connectivity index (χ0n) is 19.1. The fourth-order valence-electron chi connectivity index (χ4n) is 3.34. The number of nitrogens with zero attached hydrogens (tertiary/aromatic N) is 1. The van der Waals surface area contributed by atoms with E-state index < -0.39 is 47.8 Å². The first kappa shape index (κ1) is 29.6. The zero-order valence-corrected chi connectivity index (χ0v) is 21.6. The van der Waals surface area contributed by atoms with Crippen LogP contribution in [-0.2, 0) is 26.7 Å². The Labute approximate surface area is 225 Å². The SMILES string of the molecule is O=C(O)CNC(=O)CCCCN1C(=O)C(=Cc2cc(-c3cc(C(F)(F)F)cc(C(F)(F)F)c3)cs2)SC1=S. The number of aliphatic carboxylic acids is 1. The standard InChI is InChI=1S/C23H18F6N2O4S3/c24-22(25,26)14-5-12(6-15(8-14)23(27,28)29)13-7-16(37-11-13)9-17-20(35)31(21(36)38-17)4-2-1-3-18(32)30-10-19(33)34/h5-9,11H,1-4,10H2,(H,30,32)(H,33,34). The fourth-order valence-corrected chi connectivity index (χ4v) is 5.56. The number of nitrogens with one attached hydrogen (secondary N) is 1. The van der Waals surface area contributed by atoms with Gasteiger partial charge in [-0.1, -0.05) is 24.0 Å². The number of thiocarbonyl (C=S) groups is 1. The molecule has 1 saturated heterocycles. The van der Waals surface area contributed by atoms with Crippen LogP contribution in [0.2, 0.25) is 0 Å². The summed E-state index contributed by atoms with van der Waals surface area (Å²) in [5.41, 5.74) is -2.97. The van der Waals surface area contributed by atoms with Crippen LogP contribution in [0.1, 0.15) is 35.3 Å². The topological polar surface area (TPSA) is 86.7 Å². The van der Waals surface area contributed by atoms with Crippen molar-refractivity contribution in [1.82, 2.24) is 10.2 Å². The fraction of sp³-hybridized carbons (Fsp3) is 0.304. The number of thiophene rings is 1. The van der Waals surface area contributed by atoms with Gasteiger partial charge in [-0.15, -0.1) is 11.3 Å². The Morgan fingerprint density at radius 3 is 2.21 bits per heavy atom. The normalized spacial score (nSPS) is 15.4. The lowest BCUT2D eigenvalue weighted by atomic mass is 10.0. The van der Waals surface area contributed by atoms with E-state index in [1.807, 2.05) is 0 Å². The molecule has 1 aromatic carbocycles. The van der Waals surface area contributed by atoms with E-state index in [0.717, 1.165) is 23.1 Å². The number of amides is 2. The molecule has 6 nitrogen and oxygen atoms in total. The molecule has 0 aliphatic carbocycles. The van der Waals surface area contributed by atoms with Crippen LogP contribution < -0.4 is 5.32 Å². The molecule has 204 valence electrons. The van der Waals surface area contributed by atoms with Gasteiger partial charge in [-0.3, -0.25) is 19.3 Å². The average molecular weight is 597 g/mol. The Bertz CT molecular complexity index is 1250. The van der Waals surface area contributed by atoms with Crippen molar-refractivity contribution in [3.63, 3.8) is 0 Å². The molecule has 38 heavy (non-hydrogen) atoms. The first-order valence-corrected chi connectivity index (χ1v) is 12.9. The summed E-state index contributed by atoms with van der Waals surface area (Å²) in [6, 6.07) is 2.73. The maximum atomic E-state index is 13.2. The van der Waals surface area contributed by atoms with E-state index in [9.17, 15) is 40.7 Å². The number of thioether (sulfide) groups is 1. The summed E-state index contributed by atoms with van der Waals surface area (Å²) < 4.78 is 79.4. The largest absolute Gasteiger partial charge is 0.480 e. The molecule has 2 N–H and O–H groups in total. The molecule has 1 fully saturated rings. The molecule has 0 unspecified atom stereocenters. The molecule has 15 heteroatoms. The van der Waals surface area contributed by atoms with Crippen molar-refractivity contribution in [3.05, 3.63) is 50.6 Å². The number of rotatable bonds is 9. The van der Waals surface area contributed by atoms with Crippen LogP contribution in [0.25, 0.3) is 17.2 Å². The Hall–Kier alpha value is -2.91. The number of carboxylic acids is 1. The molecule has 0 spiro atoms. The van der Waals surface area contributed by atoms with Gasteiger partial charge in [0.15, 0.2) is 0 Å². The van der Waals surface area contributed by atoms with E-state index in [-0.39, 0.29) is 39.4 Å². The zero-order chi connectivity index (χ0) is 28.3. The van der Waals surface area contributed by atoms with Crippen molar-refractivity contribution in [3.8, 4) is 11.1 Å². The van der Waals surface area contributed by atoms with Crippen LogP contribution in [-0.4, -0.2) is 45.2 Å². The van der Waals surface area contributed by atoms with Crippen LogP contribution in [0.5, 0.6) is 0 Å². The third kappa shape index (κ3) is 7.80. The molecule has 0 bridgehead atoms. The Morgan fingerprint density at radius 2 is 1.63 bits per heavy atom. The van der Waals surface area contributed by atoms with Gasteiger partial charge >= 0.3 is 18.3 Å². The van der Waals surface area contributed by atoms with Crippen LogP contribution in [0.15, 0.2) is 34.6 Å². The minimum absolute atomic E-state index is 0.0601. The second-order valence-corrected chi connectivity index (χ2v) is 10.6. The highest BCUT2D eigenvalue weighted by molar-refractivity contribution is 8.26. The third-order valence-electron chi connectivity index (χ3n) is 5.16. The number of halogens is 6. The van der Waals surface area contributed by atoms with Crippen molar-refractivity contribution in [2.75, 3.05) is 13.1 Å². The second-order valence-electron chi connectivity index (χ2n) is 7.99. The van der Waals surface area contributed by atoms with Gasteiger partial charge in [-0.05, 0) is 59.7 Å². The van der Waals surface area contributed by atoms with Crippen molar-refractivity contribution in [2.45, 2.75) is 31.6 Å². The quantitative estimate of drug-likeness (QED) is 0.159. The molecule has 0 atom stereocenters. The minimum atomic E-state index is -4.97. The van der Waals surface area contributed by atoms with E-state index >= 15 is 0 Å². The number of unbranched alkanes of at least 4 members (excludes halogenated alkanes) is 1. The summed E-state index contributed by atoms with van der Waals surface area (Å²) in [5, 5.41) is 12.2. The number of carbonyl (C=O) groups is 3. The molecule has 2 heterocycles. The number of carboxylic acid groups (broad SMARTS) is 1. The molecule has 3 rings (SSSR count). The van der Waals surface area contributed by atoms with Gasteiger partial charge in [-0.2, -0.15) is 26.3 Å². The van der Waals surface area contributed by atoms with Gasteiger partial charge in [0.25, 0.3) is 5.91 Å². The first-order chi connectivity index (χ1) is 17.6. The lowest BCUT2D eigenvalue weighted by Crippen LogP contribution is -2.30. The van der Waals surface area contributed by atoms with Crippen molar-refractivity contribution >= 4 is 63.5 Å². The molecule has 1 aliphatic heterocycles. The average Bonchev–Trinajstić information content (AvgIpc) is 3.38. The first-order valence-electron chi connectivity index (χ1n) is 10.8. The van der Waals surface area contributed by atoms with E-state index in [1.165, 1.54) is 22.4 Å². The van der Waals surface area contributed by atoms with Crippen LogP contribution in [0.3, 0.4) is 0 Å². The van der Waals surface area contributed by atoms with Crippen LogP contribution in [0.4, 0.5) is 26.3 Å². The predicted molar refractivity (Wildman–Crippen MR) is 134 cm³/mol. The molecular formula is C23H18F6N2O4S3. The van der Waals surface area contributed by atoms with Gasteiger partial charge in [0.1, 0.15) is 10.9 Å². The van der Waals surface area contributed by atoms with E-state index in [4.69, 9.17) is 17.3 Å². The third-order valence-corrected chi connectivity index (χ3v) is 7.42. The Balaban J connectivity index is 1.69. The maximum absolute atomic E-state index is 13.2. The Morgan fingerprint density at radius 1 is 1.00 bits per heavy atom. The van der Waals surface area contributed by atoms with Crippen LogP contribution >= 0.6 is 35.3 Å². The minimum Gasteiger partial charge on any atom is -0.480 e. The summed E-state index contributed by atoms with van der Waals surface area (Å²) >= 11 is 7.28. The number of hydrogen-bond donors (Lipinski definition) is 2. The number of carbonyl (C=O) groups excluding carboxylic acids is 2. The highest BCUT2D eigenvalue weighted by Gasteiger charge is 2.37. The van der Waals surface area contributed by atoms with Gasteiger partial charge in [0.05, 0.1) is 16.0 Å². The molecule has 0 saturated carbocycles. The predicted octanol–water partition coefficient (Wildman–Crippen LogP) is 6.03. The monoisotopic (exact) mass is 596 g/mol. The summed E-state index contributed by atoms with van der Waals surface area (Å²) in [7, 11) is 0. The molecule has 2 amide bonds. The van der Waals surface area contributed by atoms with Crippen LogP contribution in [0, 0.1) is 0 Å². The molecule has 1 aromatic heterocycles. The van der Waals surface area contributed by atoms with Gasteiger partial charge in [0.2, 0.25) is 5.91 Å². The van der Waals surface area contributed by atoms with Crippen molar-refractivity contribution in [2.24, 2.45) is 0 Å². The maximum Gasteiger partial charge on any atom is 0.416 e. The highest BCUT2D eigenvalue weighted by atomic mass is 32.2. The molecule has 0 radical (unpaired) electrons. The van der Waals surface area contributed by atoms with Crippen molar-refractivity contribution in [1.29, 1.82) is 0 Å². The highest BCUT2D eigenvalue weighted by Crippen LogP contribution is 2.40. The van der Waals surface area contributed by atoms with E-state index in [1.54, 1.807) is 0 Å². The van der Waals surface area contributed by atoms with Crippen molar-refractivity contribution < 1.29 is 45.8 Å². The summed E-state index contributed by atoms with van der Waals surface area (Å²) in [6.45, 7) is -0.269.